The van der Waals surface area contributed by atoms with Crippen LogP contribution in [0.1, 0.15) is 36.1 Å². The van der Waals surface area contributed by atoms with Crippen LogP contribution in [-0.4, -0.2) is 15.9 Å². The molecule has 110 valence electrons. The van der Waals surface area contributed by atoms with Crippen molar-refractivity contribution in [3.8, 4) is 0 Å². The summed E-state index contributed by atoms with van der Waals surface area (Å²) in [6.45, 7) is 3.74. The predicted octanol–water partition coefficient (Wildman–Crippen LogP) is 2.71. The van der Waals surface area contributed by atoms with Crippen LogP contribution in [0.4, 0.5) is 20.2 Å². The monoisotopic (exact) mass is 292 g/mol. The summed E-state index contributed by atoms with van der Waals surface area (Å²) in [6.07, 6.45) is 1.34. The van der Waals surface area contributed by atoms with Gasteiger partial charge in [0.15, 0.2) is 5.69 Å². The van der Waals surface area contributed by atoms with E-state index in [2.05, 4.69) is 15.3 Å². The van der Waals surface area contributed by atoms with Crippen LogP contribution in [0.15, 0.2) is 24.4 Å². The van der Waals surface area contributed by atoms with Gasteiger partial charge in [-0.05, 0) is 12.1 Å². The molecule has 7 heteroatoms. The van der Waals surface area contributed by atoms with Crippen molar-refractivity contribution >= 4 is 17.3 Å². The molecule has 0 saturated carbocycles. The van der Waals surface area contributed by atoms with E-state index in [1.165, 1.54) is 6.20 Å². The number of hydrogen-bond donors (Lipinski definition) is 2. The van der Waals surface area contributed by atoms with Crippen molar-refractivity contribution in [2.24, 2.45) is 0 Å². The molecule has 21 heavy (non-hydrogen) atoms. The summed E-state index contributed by atoms with van der Waals surface area (Å²) < 4.78 is 26.2. The van der Waals surface area contributed by atoms with Gasteiger partial charge in [-0.25, -0.2) is 18.7 Å². The average Bonchev–Trinajstić information content (AvgIpc) is 2.37. The minimum Gasteiger partial charge on any atom is -0.396 e. The molecule has 0 spiro atoms. The van der Waals surface area contributed by atoms with E-state index in [-0.39, 0.29) is 23.0 Å². The van der Waals surface area contributed by atoms with Crippen LogP contribution in [0.5, 0.6) is 0 Å². The number of nitrogens with two attached hydrogens (primary N) is 1. The molecule has 0 radical (unpaired) electrons. The second-order valence-corrected chi connectivity index (χ2v) is 4.80. The quantitative estimate of drug-likeness (QED) is 0.911. The highest BCUT2D eigenvalue weighted by Crippen LogP contribution is 2.17. The minimum absolute atomic E-state index is 0.0124. The molecule has 0 bridgehead atoms. The Kier molecular flexibility index (Phi) is 4.11. The number of aromatic nitrogens is 2. The molecule has 2 aromatic rings. The summed E-state index contributed by atoms with van der Waals surface area (Å²) in [5, 5.41) is 2.36. The number of nitrogens with zero attached hydrogens (tertiary/aromatic N) is 2. The molecule has 0 aliphatic heterocycles. The van der Waals surface area contributed by atoms with E-state index in [0.29, 0.717) is 11.9 Å². The van der Waals surface area contributed by atoms with Gasteiger partial charge in [0, 0.05) is 17.7 Å². The molecular weight excluding hydrogens is 278 g/mol. The summed E-state index contributed by atoms with van der Waals surface area (Å²) in [7, 11) is 0. The molecule has 1 aromatic carbocycles. The van der Waals surface area contributed by atoms with Gasteiger partial charge in [-0.1, -0.05) is 13.8 Å². The second kappa shape index (κ2) is 5.82. The maximum absolute atomic E-state index is 13.1. The van der Waals surface area contributed by atoms with Crippen molar-refractivity contribution in [2.75, 3.05) is 11.1 Å². The molecular formula is C14H14F2N4O. The summed E-state index contributed by atoms with van der Waals surface area (Å²) in [6, 6.07) is 2.72. The smallest absolute Gasteiger partial charge is 0.276 e. The van der Waals surface area contributed by atoms with E-state index >= 15 is 0 Å². The highest BCUT2D eigenvalue weighted by molar-refractivity contribution is 6.06. The Morgan fingerprint density at radius 3 is 2.43 bits per heavy atom. The van der Waals surface area contributed by atoms with Crippen LogP contribution in [0, 0.1) is 11.6 Å². The lowest BCUT2D eigenvalue weighted by atomic mass is 10.2. The van der Waals surface area contributed by atoms with Gasteiger partial charge < -0.3 is 11.1 Å². The Hall–Kier alpha value is -2.57. The van der Waals surface area contributed by atoms with E-state index in [9.17, 15) is 13.6 Å². The molecule has 0 fully saturated rings. The molecule has 0 atom stereocenters. The molecule has 0 saturated heterocycles. The molecule has 0 aliphatic carbocycles. The highest BCUT2D eigenvalue weighted by atomic mass is 19.1. The number of anilines is 2. The first-order chi connectivity index (χ1) is 9.86. The molecule has 1 aromatic heterocycles. The molecule has 2 rings (SSSR count). The number of nitrogen functional groups attached to an aromatic ring is 1. The Labute approximate surface area is 120 Å². The summed E-state index contributed by atoms with van der Waals surface area (Å²) in [5.74, 6) is -1.75. The third-order valence-electron chi connectivity index (χ3n) is 2.69. The second-order valence-electron chi connectivity index (χ2n) is 4.80. The first kappa shape index (κ1) is 14.8. The van der Waals surface area contributed by atoms with Crippen molar-refractivity contribution in [2.45, 2.75) is 19.8 Å². The molecule has 5 nitrogen and oxygen atoms in total. The average molecular weight is 292 g/mol. The number of carbonyl (C=O) groups excluding carboxylic acids is 1. The fraction of sp³-hybridized carbons (Fsp3) is 0.214. The Balaban J connectivity index is 2.29. The van der Waals surface area contributed by atoms with Gasteiger partial charge in [0.2, 0.25) is 0 Å². The third kappa shape index (κ3) is 3.50. The highest BCUT2D eigenvalue weighted by Gasteiger charge is 2.15. The standard InChI is InChI=1S/C14H14F2N4O/c1-7(2)13-18-6-11(17)12(20-13)14(21)19-10-4-8(15)3-9(16)5-10/h3-7H,17H2,1-2H3,(H,19,21). The Bertz CT molecular complexity index is 668. The molecule has 1 heterocycles. The summed E-state index contributed by atoms with van der Waals surface area (Å²) in [4.78, 5) is 20.2. The molecule has 3 N–H and O–H groups in total. The summed E-state index contributed by atoms with van der Waals surface area (Å²) in [5.41, 5.74) is 5.72. The normalized spacial score (nSPS) is 10.7. The molecule has 0 aliphatic rings. The number of carbonyl (C=O) groups is 1. The van der Waals surface area contributed by atoms with Crippen molar-refractivity contribution in [1.29, 1.82) is 0 Å². The zero-order valence-electron chi connectivity index (χ0n) is 11.5. The fourth-order valence-electron chi connectivity index (χ4n) is 1.68. The topological polar surface area (TPSA) is 80.9 Å². The SMILES string of the molecule is CC(C)c1ncc(N)c(C(=O)Nc2cc(F)cc(F)c2)n1. The van der Waals surface area contributed by atoms with Crippen molar-refractivity contribution in [3.05, 3.63) is 47.5 Å². The lowest BCUT2D eigenvalue weighted by Crippen LogP contribution is -2.18. The summed E-state index contributed by atoms with van der Waals surface area (Å²) >= 11 is 0. The first-order valence-corrected chi connectivity index (χ1v) is 6.26. The molecule has 0 unspecified atom stereocenters. The van der Waals surface area contributed by atoms with Crippen LogP contribution < -0.4 is 11.1 Å². The zero-order chi connectivity index (χ0) is 15.6. The van der Waals surface area contributed by atoms with Gasteiger partial charge in [0.25, 0.3) is 5.91 Å². The van der Waals surface area contributed by atoms with Gasteiger partial charge in [-0.2, -0.15) is 0 Å². The first-order valence-electron chi connectivity index (χ1n) is 6.26. The molecule has 1 amide bonds. The number of amides is 1. The lowest BCUT2D eigenvalue weighted by Gasteiger charge is -2.09. The zero-order valence-corrected chi connectivity index (χ0v) is 11.5. The van der Waals surface area contributed by atoms with Gasteiger partial charge in [0.1, 0.15) is 17.5 Å². The predicted molar refractivity (Wildman–Crippen MR) is 74.8 cm³/mol. The van der Waals surface area contributed by atoms with Crippen molar-refractivity contribution in [3.63, 3.8) is 0 Å². The number of hydrogen-bond acceptors (Lipinski definition) is 4. The third-order valence-corrected chi connectivity index (χ3v) is 2.69. The number of halogens is 2. The van der Waals surface area contributed by atoms with E-state index in [1.807, 2.05) is 13.8 Å². The van der Waals surface area contributed by atoms with Crippen LogP contribution >= 0.6 is 0 Å². The van der Waals surface area contributed by atoms with Crippen LogP contribution in [-0.2, 0) is 0 Å². The maximum atomic E-state index is 13.1. The van der Waals surface area contributed by atoms with E-state index in [4.69, 9.17) is 5.73 Å². The Morgan fingerprint density at radius 2 is 1.86 bits per heavy atom. The maximum Gasteiger partial charge on any atom is 0.276 e. The van der Waals surface area contributed by atoms with E-state index < -0.39 is 17.5 Å². The van der Waals surface area contributed by atoms with Crippen LogP contribution in [0.2, 0.25) is 0 Å². The minimum atomic E-state index is -0.788. The lowest BCUT2D eigenvalue weighted by molar-refractivity contribution is 0.102. The fourth-order valence-corrected chi connectivity index (χ4v) is 1.68. The Morgan fingerprint density at radius 1 is 1.24 bits per heavy atom. The van der Waals surface area contributed by atoms with Crippen molar-refractivity contribution in [1.82, 2.24) is 9.97 Å². The van der Waals surface area contributed by atoms with Crippen molar-refractivity contribution < 1.29 is 13.6 Å². The largest absolute Gasteiger partial charge is 0.396 e. The van der Waals surface area contributed by atoms with Gasteiger partial charge in [0.05, 0.1) is 11.9 Å². The van der Waals surface area contributed by atoms with Gasteiger partial charge >= 0.3 is 0 Å². The number of nitrogens with one attached hydrogen (secondary N) is 1. The van der Waals surface area contributed by atoms with E-state index in [1.54, 1.807) is 0 Å². The van der Waals surface area contributed by atoms with Crippen LogP contribution in [0.25, 0.3) is 0 Å². The number of rotatable bonds is 3. The van der Waals surface area contributed by atoms with Gasteiger partial charge in [-0.15, -0.1) is 0 Å². The van der Waals surface area contributed by atoms with Crippen LogP contribution in [0.3, 0.4) is 0 Å². The van der Waals surface area contributed by atoms with E-state index in [0.717, 1.165) is 12.1 Å². The number of benzene rings is 1. The van der Waals surface area contributed by atoms with Gasteiger partial charge in [-0.3, -0.25) is 4.79 Å².